The van der Waals surface area contributed by atoms with Gasteiger partial charge in [0.05, 0.1) is 29.0 Å². The third-order valence-corrected chi connectivity index (χ3v) is 2.90. The highest BCUT2D eigenvalue weighted by Crippen LogP contribution is 2.33. The molecule has 6 nitrogen and oxygen atoms in total. The van der Waals surface area contributed by atoms with Crippen LogP contribution in [-0.4, -0.2) is 31.7 Å². The van der Waals surface area contributed by atoms with Gasteiger partial charge in [0.25, 0.3) is 5.69 Å². The fourth-order valence-electron chi connectivity index (χ4n) is 1.66. The van der Waals surface area contributed by atoms with Gasteiger partial charge < -0.3 is 9.64 Å². The Balaban J connectivity index is 3.19. The number of anilines is 1. The lowest BCUT2D eigenvalue weighted by molar-refractivity contribution is -0.384. The van der Waals surface area contributed by atoms with Gasteiger partial charge in [0.2, 0.25) is 0 Å². The van der Waals surface area contributed by atoms with Crippen molar-refractivity contribution in [2.45, 2.75) is 6.42 Å². The minimum atomic E-state index is -0.744. The predicted molar refractivity (Wildman–Crippen MR) is 72.4 cm³/mol. The van der Waals surface area contributed by atoms with Crippen LogP contribution >= 0.6 is 11.6 Å². The van der Waals surface area contributed by atoms with Crippen molar-refractivity contribution in [2.24, 2.45) is 0 Å². The fourth-order valence-corrected chi connectivity index (χ4v) is 1.82. The van der Waals surface area contributed by atoms with E-state index in [-0.39, 0.29) is 29.4 Å². The van der Waals surface area contributed by atoms with Crippen molar-refractivity contribution in [3.05, 3.63) is 33.1 Å². The number of ether oxygens (including phenoxy) is 1. The van der Waals surface area contributed by atoms with Crippen molar-refractivity contribution in [3.63, 3.8) is 0 Å². The van der Waals surface area contributed by atoms with Crippen molar-refractivity contribution < 1.29 is 14.1 Å². The molecule has 0 spiro atoms. The van der Waals surface area contributed by atoms with Crippen molar-refractivity contribution >= 4 is 23.0 Å². The van der Waals surface area contributed by atoms with Gasteiger partial charge in [-0.05, 0) is 0 Å². The van der Waals surface area contributed by atoms with E-state index < -0.39 is 10.7 Å². The summed E-state index contributed by atoms with van der Waals surface area (Å²) in [7, 11) is 1.49. The maximum absolute atomic E-state index is 13.5. The lowest BCUT2D eigenvalue weighted by atomic mass is 10.2. The number of hydrogen-bond acceptors (Lipinski definition) is 5. The number of hydrogen-bond donors (Lipinski definition) is 0. The summed E-state index contributed by atoms with van der Waals surface area (Å²) in [6.07, 6.45) is 0.158. The summed E-state index contributed by atoms with van der Waals surface area (Å²) in [5.74, 6) is -0.744. The molecule has 0 bridgehead atoms. The maximum Gasteiger partial charge on any atom is 0.294 e. The Morgan fingerprint density at radius 3 is 2.80 bits per heavy atom. The Kier molecular flexibility index (Phi) is 6.15. The first-order valence-corrected chi connectivity index (χ1v) is 6.13. The minimum Gasteiger partial charge on any atom is -0.383 e. The average Bonchev–Trinajstić information content (AvgIpc) is 2.41. The van der Waals surface area contributed by atoms with E-state index in [0.717, 1.165) is 12.1 Å². The second-order valence-corrected chi connectivity index (χ2v) is 4.31. The first-order valence-electron chi connectivity index (χ1n) is 5.75. The van der Waals surface area contributed by atoms with Crippen molar-refractivity contribution in [3.8, 4) is 6.07 Å². The molecule has 0 saturated carbocycles. The molecule has 1 aromatic rings. The number of nitro groups is 1. The van der Waals surface area contributed by atoms with E-state index in [1.54, 1.807) is 0 Å². The van der Waals surface area contributed by atoms with Crippen LogP contribution in [0, 0.1) is 27.3 Å². The third kappa shape index (κ3) is 4.05. The summed E-state index contributed by atoms with van der Waals surface area (Å²) in [6, 6.07) is 3.92. The molecule has 20 heavy (non-hydrogen) atoms. The highest BCUT2D eigenvalue weighted by Gasteiger charge is 2.22. The molecule has 0 atom stereocenters. The molecule has 8 heteroatoms. The summed E-state index contributed by atoms with van der Waals surface area (Å²) >= 11 is 5.57. The molecule has 108 valence electrons. The van der Waals surface area contributed by atoms with Crippen LogP contribution in [0.2, 0.25) is 5.02 Å². The van der Waals surface area contributed by atoms with Crippen LogP contribution in [0.15, 0.2) is 12.1 Å². The van der Waals surface area contributed by atoms with Crippen LogP contribution in [-0.2, 0) is 4.74 Å². The van der Waals surface area contributed by atoms with Crippen LogP contribution in [0.3, 0.4) is 0 Å². The molecule has 0 radical (unpaired) electrons. The topological polar surface area (TPSA) is 79.4 Å². The van der Waals surface area contributed by atoms with Gasteiger partial charge in [-0.1, -0.05) is 11.6 Å². The van der Waals surface area contributed by atoms with E-state index in [1.807, 2.05) is 6.07 Å². The van der Waals surface area contributed by atoms with E-state index >= 15 is 0 Å². The molecule has 0 N–H and O–H groups in total. The number of benzene rings is 1. The van der Waals surface area contributed by atoms with Crippen molar-refractivity contribution in [1.82, 2.24) is 0 Å². The Bertz CT molecular complexity index is 533. The maximum atomic E-state index is 13.5. The molecule has 0 aliphatic carbocycles. The second-order valence-electron chi connectivity index (χ2n) is 3.90. The molecule has 0 aliphatic rings. The standard InChI is InChI=1S/C12H13ClFN3O3/c1-20-6-5-16(4-2-3-15)11-8-10(14)9(13)7-12(11)17(18)19/h7-8H,2,4-6H2,1H3. The van der Waals surface area contributed by atoms with E-state index in [0.29, 0.717) is 13.2 Å². The highest BCUT2D eigenvalue weighted by molar-refractivity contribution is 6.31. The average molecular weight is 302 g/mol. The fraction of sp³-hybridized carbons (Fsp3) is 0.417. The number of methoxy groups -OCH3 is 1. The van der Waals surface area contributed by atoms with Gasteiger partial charge in [-0.2, -0.15) is 5.26 Å². The normalized spacial score (nSPS) is 10.1. The van der Waals surface area contributed by atoms with Crippen LogP contribution in [0.4, 0.5) is 15.8 Å². The smallest absolute Gasteiger partial charge is 0.294 e. The van der Waals surface area contributed by atoms with Crippen LogP contribution in [0.1, 0.15) is 6.42 Å². The Morgan fingerprint density at radius 2 is 2.25 bits per heavy atom. The van der Waals surface area contributed by atoms with E-state index in [1.165, 1.54) is 12.0 Å². The molecule has 1 aromatic carbocycles. The lowest BCUT2D eigenvalue weighted by Gasteiger charge is -2.23. The number of rotatable bonds is 7. The van der Waals surface area contributed by atoms with Gasteiger partial charge in [-0.3, -0.25) is 10.1 Å². The minimum absolute atomic E-state index is 0.0872. The number of nitriles is 1. The zero-order valence-electron chi connectivity index (χ0n) is 10.8. The molecule has 0 unspecified atom stereocenters. The molecule has 0 aromatic heterocycles. The van der Waals surface area contributed by atoms with E-state index in [4.69, 9.17) is 21.6 Å². The first-order chi connectivity index (χ1) is 9.51. The molecule has 0 heterocycles. The largest absolute Gasteiger partial charge is 0.383 e. The molecular formula is C12H13ClFN3O3. The lowest BCUT2D eigenvalue weighted by Crippen LogP contribution is -2.29. The molecular weight excluding hydrogens is 289 g/mol. The Hall–Kier alpha value is -1.91. The zero-order chi connectivity index (χ0) is 15.1. The van der Waals surface area contributed by atoms with Gasteiger partial charge >= 0.3 is 0 Å². The van der Waals surface area contributed by atoms with Crippen LogP contribution in [0.5, 0.6) is 0 Å². The summed E-state index contributed by atoms with van der Waals surface area (Å²) in [5, 5.41) is 19.4. The van der Waals surface area contributed by atoms with Crippen LogP contribution < -0.4 is 4.90 Å². The Labute approximate surface area is 120 Å². The van der Waals surface area contributed by atoms with Gasteiger partial charge in [-0.15, -0.1) is 0 Å². The number of nitrogens with zero attached hydrogens (tertiary/aromatic N) is 3. The molecule has 0 aliphatic heterocycles. The van der Waals surface area contributed by atoms with E-state index in [9.17, 15) is 14.5 Å². The molecule has 0 amide bonds. The Morgan fingerprint density at radius 1 is 1.55 bits per heavy atom. The summed E-state index contributed by atoms with van der Waals surface area (Å²) in [4.78, 5) is 11.9. The van der Waals surface area contributed by atoms with E-state index in [2.05, 4.69) is 0 Å². The third-order valence-electron chi connectivity index (χ3n) is 2.61. The molecule has 0 fully saturated rings. The molecule has 0 saturated heterocycles. The van der Waals surface area contributed by atoms with Crippen LogP contribution in [0.25, 0.3) is 0 Å². The highest BCUT2D eigenvalue weighted by atomic mass is 35.5. The van der Waals surface area contributed by atoms with Gasteiger partial charge in [-0.25, -0.2) is 4.39 Å². The first kappa shape index (κ1) is 16.1. The summed E-state index contributed by atoms with van der Waals surface area (Å²) in [6.45, 7) is 0.842. The second kappa shape index (κ2) is 7.62. The SMILES string of the molecule is COCCN(CCC#N)c1cc(F)c(Cl)cc1[N+](=O)[O-]. The predicted octanol–water partition coefficient (Wildman–Crippen LogP) is 2.75. The van der Waals surface area contributed by atoms with Crippen molar-refractivity contribution in [2.75, 3.05) is 31.7 Å². The zero-order valence-corrected chi connectivity index (χ0v) is 11.6. The van der Waals surface area contributed by atoms with Gasteiger partial charge in [0.15, 0.2) is 0 Å². The molecule has 1 rings (SSSR count). The number of halogens is 2. The van der Waals surface area contributed by atoms with Gasteiger partial charge in [0.1, 0.15) is 11.5 Å². The van der Waals surface area contributed by atoms with Crippen molar-refractivity contribution in [1.29, 1.82) is 5.26 Å². The number of nitro benzene ring substituents is 1. The summed E-state index contributed by atoms with van der Waals surface area (Å²) < 4.78 is 18.5. The van der Waals surface area contributed by atoms with Gasteiger partial charge in [0, 0.05) is 32.3 Å². The monoisotopic (exact) mass is 301 g/mol. The summed E-state index contributed by atoms with van der Waals surface area (Å²) in [5.41, 5.74) is -0.213. The quantitative estimate of drug-likeness (QED) is 0.571.